The number of rotatable bonds is 4. The van der Waals surface area contributed by atoms with Crippen molar-refractivity contribution < 1.29 is 24.0 Å². The summed E-state index contributed by atoms with van der Waals surface area (Å²) in [5.41, 5.74) is 1.02. The number of carbonyl (C=O) groups is 2. The highest BCUT2D eigenvalue weighted by Gasteiger charge is 2.45. The molecule has 2 aromatic rings. The number of hydrogen-bond acceptors (Lipinski definition) is 5. The Morgan fingerprint density at radius 3 is 2.30 bits per heavy atom. The maximum Gasteiger partial charge on any atom is 0.407 e. The molecular weight excluding hydrogens is 431 g/mol. The first kappa shape index (κ1) is 19.7. The maximum atomic E-state index is 13.3. The number of esters is 1. The summed E-state index contributed by atoms with van der Waals surface area (Å²) >= 11 is 12.7. The van der Waals surface area contributed by atoms with Crippen molar-refractivity contribution in [2.45, 2.75) is 62.6 Å². The van der Waals surface area contributed by atoms with E-state index in [2.05, 4.69) is 5.16 Å². The third-order valence-electron chi connectivity index (χ3n) is 6.25. The fraction of sp³-hybridized carbons (Fsp3) is 0.476. The zero-order valence-corrected chi connectivity index (χ0v) is 17.5. The van der Waals surface area contributed by atoms with E-state index in [4.69, 9.17) is 32.5 Å². The van der Waals surface area contributed by atoms with E-state index in [0.29, 0.717) is 39.9 Å². The van der Waals surface area contributed by atoms with Gasteiger partial charge < -0.3 is 19.3 Å². The monoisotopic (exact) mass is 450 g/mol. The van der Waals surface area contributed by atoms with Crippen molar-refractivity contribution in [2.75, 3.05) is 0 Å². The summed E-state index contributed by atoms with van der Waals surface area (Å²) < 4.78 is 11.4. The molecule has 3 atom stereocenters. The number of fused-ring (bicyclic) bond motifs is 2. The Kier molecular flexibility index (Phi) is 4.90. The summed E-state index contributed by atoms with van der Waals surface area (Å²) in [5.74, 6) is 0.134. The van der Waals surface area contributed by atoms with Crippen molar-refractivity contribution in [3.8, 4) is 11.3 Å². The number of hydrogen-bond donors (Lipinski definition) is 1. The SMILES string of the molecule is O=C(O[C@@H]1C[C@H]2CC[C@@H](C1)N2C(=O)O)c1c(-c2c(Cl)cccc2Cl)noc1C1CC1. The fourth-order valence-electron chi connectivity index (χ4n) is 4.76. The molecule has 1 amide bonds. The molecule has 2 bridgehead atoms. The van der Waals surface area contributed by atoms with Gasteiger partial charge in [-0.2, -0.15) is 0 Å². The molecule has 1 N–H and O–H groups in total. The molecule has 2 aliphatic heterocycles. The van der Waals surface area contributed by atoms with Gasteiger partial charge in [0.2, 0.25) is 0 Å². The Labute approximate surface area is 182 Å². The van der Waals surface area contributed by atoms with Crippen LogP contribution in [-0.2, 0) is 4.74 Å². The van der Waals surface area contributed by atoms with Gasteiger partial charge in [0.15, 0.2) is 5.76 Å². The molecule has 3 heterocycles. The van der Waals surface area contributed by atoms with Crippen LogP contribution in [0.3, 0.4) is 0 Å². The highest BCUT2D eigenvalue weighted by atomic mass is 35.5. The van der Waals surface area contributed by atoms with Crippen LogP contribution in [0, 0.1) is 0 Å². The first-order valence-electron chi connectivity index (χ1n) is 10.1. The van der Waals surface area contributed by atoms with E-state index in [-0.39, 0.29) is 29.7 Å². The van der Waals surface area contributed by atoms with Crippen LogP contribution in [0.5, 0.6) is 0 Å². The van der Waals surface area contributed by atoms with Gasteiger partial charge >= 0.3 is 12.1 Å². The predicted molar refractivity (Wildman–Crippen MR) is 109 cm³/mol. The highest BCUT2D eigenvalue weighted by Crippen LogP contribution is 2.46. The van der Waals surface area contributed by atoms with Crippen molar-refractivity contribution in [1.82, 2.24) is 10.1 Å². The van der Waals surface area contributed by atoms with Crippen molar-refractivity contribution in [1.29, 1.82) is 0 Å². The van der Waals surface area contributed by atoms with Crippen LogP contribution in [0.1, 0.15) is 60.6 Å². The molecule has 3 fully saturated rings. The minimum atomic E-state index is -0.905. The van der Waals surface area contributed by atoms with E-state index >= 15 is 0 Å². The lowest BCUT2D eigenvalue weighted by Crippen LogP contribution is -2.48. The first-order chi connectivity index (χ1) is 14.4. The lowest BCUT2D eigenvalue weighted by atomic mass is 9.99. The Bertz CT molecular complexity index is 985. The van der Waals surface area contributed by atoms with Gasteiger partial charge in [0.05, 0.1) is 10.0 Å². The topological polar surface area (TPSA) is 92.9 Å². The summed E-state index contributed by atoms with van der Waals surface area (Å²) in [6, 6.07) is 4.87. The van der Waals surface area contributed by atoms with Crippen LogP contribution < -0.4 is 0 Å². The maximum absolute atomic E-state index is 13.3. The molecule has 3 aliphatic rings. The van der Waals surface area contributed by atoms with Crippen LogP contribution in [-0.4, -0.2) is 45.4 Å². The number of amides is 1. The van der Waals surface area contributed by atoms with Crippen LogP contribution in [0.15, 0.2) is 22.7 Å². The molecule has 2 saturated heterocycles. The molecule has 0 unspecified atom stereocenters. The Morgan fingerprint density at radius 2 is 1.73 bits per heavy atom. The molecule has 1 aromatic carbocycles. The summed E-state index contributed by atoms with van der Waals surface area (Å²) in [5, 5.41) is 14.3. The second-order valence-corrected chi connectivity index (χ2v) is 9.03. The second kappa shape index (κ2) is 7.46. The van der Waals surface area contributed by atoms with Gasteiger partial charge in [0.1, 0.15) is 17.4 Å². The standard InChI is InChI=1S/C21H20Cl2N2O5/c22-14-2-1-3-15(23)16(14)18-17(19(30-24-18)10-4-5-10)20(26)29-13-8-11-6-7-12(9-13)25(11)21(27)28/h1-3,10-13H,4-9H2,(H,27,28)/t11-,12+,13-. The van der Waals surface area contributed by atoms with Crippen molar-refractivity contribution in [2.24, 2.45) is 0 Å². The van der Waals surface area contributed by atoms with Crippen LogP contribution in [0.2, 0.25) is 10.0 Å². The number of benzene rings is 1. The number of carbonyl (C=O) groups excluding carboxylic acids is 1. The van der Waals surface area contributed by atoms with Crippen molar-refractivity contribution in [3.63, 3.8) is 0 Å². The quantitative estimate of drug-likeness (QED) is 0.630. The normalized spacial score (nSPS) is 25.4. The van der Waals surface area contributed by atoms with E-state index in [9.17, 15) is 14.7 Å². The minimum Gasteiger partial charge on any atom is -0.465 e. The third-order valence-corrected chi connectivity index (χ3v) is 6.88. The molecular formula is C21H20Cl2N2O5. The number of nitrogens with zero attached hydrogens (tertiary/aromatic N) is 2. The van der Waals surface area contributed by atoms with Crippen molar-refractivity contribution in [3.05, 3.63) is 39.6 Å². The molecule has 5 rings (SSSR count). The van der Waals surface area contributed by atoms with E-state index in [1.165, 1.54) is 4.90 Å². The Morgan fingerprint density at radius 1 is 1.10 bits per heavy atom. The van der Waals surface area contributed by atoms with Gasteiger partial charge in [-0.15, -0.1) is 0 Å². The molecule has 0 radical (unpaired) electrons. The van der Waals surface area contributed by atoms with Crippen molar-refractivity contribution >= 4 is 35.3 Å². The Hall–Kier alpha value is -2.25. The number of halogens is 2. The van der Waals surface area contributed by atoms with Gasteiger partial charge in [-0.05, 0) is 37.8 Å². The lowest BCUT2D eigenvalue weighted by molar-refractivity contribution is -0.00218. The van der Waals surface area contributed by atoms with E-state index in [0.717, 1.165) is 25.7 Å². The summed E-state index contributed by atoms with van der Waals surface area (Å²) in [6.07, 6.45) is 3.19. The van der Waals surface area contributed by atoms with E-state index in [1.807, 2.05) is 0 Å². The summed E-state index contributed by atoms with van der Waals surface area (Å²) in [7, 11) is 0. The minimum absolute atomic E-state index is 0.109. The van der Waals surface area contributed by atoms with Gasteiger partial charge in [-0.25, -0.2) is 9.59 Å². The number of piperidine rings is 1. The van der Waals surface area contributed by atoms with E-state index in [1.54, 1.807) is 18.2 Å². The second-order valence-electron chi connectivity index (χ2n) is 8.21. The van der Waals surface area contributed by atoms with Crippen LogP contribution >= 0.6 is 23.2 Å². The molecule has 1 aliphatic carbocycles. The largest absolute Gasteiger partial charge is 0.465 e. The van der Waals surface area contributed by atoms with Crippen LogP contribution in [0.4, 0.5) is 4.79 Å². The average Bonchev–Trinajstić information content (AvgIpc) is 3.38. The smallest absolute Gasteiger partial charge is 0.407 e. The van der Waals surface area contributed by atoms with Crippen LogP contribution in [0.25, 0.3) is 11.3 Å². The number of ether oxygens (including phenoxy) is 1. The third kappa shape index (κ3) is 3.34. The Balaban J connectivity index is 1.44. The zero-order chi connectivity index (χ0) is 21.0. The van der Waals surface area contributed by atoms with E-state index < -0.39 is 12.1 Å². The molecule has 158 valence electrons. The van der Waals surface area contributed by atoms with Gasteiger partial charge in [0, 0.05) is 36.4 Å². The average molecular weight is 451 g/mol. The number of aromatic nitrogens is 1. The molecule has 1 saturated carbocycles. The predicted octanol–water partition coefficient (Wildman–Crippen LogP) is 5.36. The molecule has 30 heavy (non-hydrogen) atoms. The van der Waals surface area contributed by atoms with Gasteiger partial charge in [-0.1, -0.05) is 34.4 Å². The molecule has 9 heteroatoms. The highest BCUT2D eigenvalue weighted by molar-refractivity contribution is 6.39. The zero-order valence-electron chi connectivity index (χ0n) is 16.0. The molecule has 7 nitrogen and oxygen atoms in total. The fourth-order valence-corrected chi connectivity index (χ4v) is 5.34. The first-order valence-corrected chi connectivity index (χ1v) is 10.9. The summed E-state index contributed by atoms with van der Waals surface area (Å²) in [4.78, 5) is 26.3. The van der Waals surface area contributed by atoms with Gasteiger partial charge in [-0.3, -0.25) is 0 Å². The molecule has 1 aromatic heterocycles. The lowest BCUT2D eigenvalue weighted by Gasteiger charge is -2.36. The molecule has 0 spiro atoms. The van der Waals surface area contributed by atoms with Gasteiger partial charge in [0.25, 0.3) is 0 Å². The summed E-state index contributed by atoms with van der Waals surface area (Å²) in [6.45, 7) is 0. The number of carboxylic acid groups (broad SMARTS) is 1.